The normalized spacial score (nSPS) is 15.7. The van der Waals surface area contributed by atoms with Crippen LogP contribution in [0.2, 0.25) is 0 Å². The van der Waals surface area contributed by atoms with Gasteiger partial charge in [0.15, 0.2) is 0 Å². The Hall–Kier alpha value is -2.37. The van der Waals surface area contributed by atoms with Crippen LogP contribution in [0.1, 0.15) is 25.3 Å². The molecule has 6 heteroatoms. The average molecular weight is 289 g/mol. The van der Waals surface area contributed by atoms with Crippen LogP contribution in [0, 0.1) is 0 Å². The Labute approximate surface area is 123 Å². The molecule has 112 valence electrons. The second-order valence-corrected chi connectivity index (χ2v) is 4.98. The van der Waals surface area contributed by atoms with E-state index in [1.54, 1.807) is 7.11 Å². The van der Waals surface area contributed by atoms with Crippen molar-refractivity contribution in [3.8, 4) is 5.75 Å². The Balaban J connectivity index is 1.94. The van der Waals surface area contributed by atoms with Crippen LogP contribution in [0.5, 0.6) is 5.75 Å². The molecule has 1 unspecified atom stereocenters. The zero-order valence-corrected chi connectivity index (χ0v) is 12.2. The molecular weight excluding hydrogens is 270 g/mol. The van der Waals surface area contributed by atoms with Gasteiger partial charge in [0.2, 0.25) is 5.91 Å². The van der Waals surface area contributed by atoms with Crippen molar-refractivity contribution in [3.63, 3.8) is 0 Å². The molecule has 1 aromatic rings. The summed E-state index contributed by atoms with van der Waals surface area (Å²) in [6, 6.07) is 7.65. The minimum atomic E-state index is -0.239. The Morgan fingerprint density at radius 1 is 1.43 bits per heavy atom. The van der Waals surface area contributed by atoms with Crippen LogP contribution in [0.15, 0.2) is 29.4 Å². The zero-order valence-electron chi connectivity index (χ0n) is 12.2. The maximum absolute atomic E-state index is 12.0. The molecule has 0 aliphatic carbocycles. The molecule has 21 heavy (non-hydrogen) atoms. The third kappa shape index (κ3) is 4.05. The first-order chi connectivity index (χ1) is 10.1. The molecular formula is C15H19N3O3. The minimum absolute atomic E-state index is 0.0610. The lowest BCUT2D eigenvalue weighted by Gasteiger charge is -2.17. The molecule has 2 rings (SSSR count). The Kier molecular flexibility index (Phi) is 4.92. The number of carbonyl (C=O) groups is 2. The largest absolute Gasteiger partial charge is 0.496 e. The van der Waals surface area contributed by atoms with Gasteiger partial charge in [-0.05, 0) is 25.0 Å². The fourth-order valence-corrected chi connectivity index (χ4v) is 2.20. The summed E-state index contributed by atoms with van der Waals surface area (Å²) >= 11 is 0. The SMILES string of the molecule is COc1ccccc1CC(C)NC(=O)C1=NNC(=O)CC1. The van der Waals surface area contributed by atoms with Gasteiger partial charge in [0, 0.05) is 18.9 Å². The molecule has 2 amide bonds. The highest BCUT2D eigenvalue weighted by Gasteiger charge is 2.20. The molecule has 0 spiro atoms. The van der Waals surface area contributed by atoms with Crippen LogP contribution in [-0.2, 0) is 16.0 Å². The van der Waals surface area contributed by atoms with Crippen molar-refractivity contribution in [3.05, 3.63) is 29.8 Å². The van der Waals surface area contributed by atoms with E-state index in [1.807, 2.05) is 31.2 Å². The molecule has 1 aromatic carbocycles. The van der Waals surface area contributed by atoms with E-state index in [2.05, 4.69) is 15.8 Å². The number of amides is 2. The Morgan fingerprint density at radius 2 is 2.19 bits per heavy atom. The summed E-state index contributed by atoms with van der Waals surface area (Å²) in [5, 5.41) is 6.67. The van der Waals surface area contributed by atoms with E-state index in [4.69, 9.17) is 4.74 Å². The van der Waals surface area contributed by atoms with Gasteiger partial charge in [0.25, 0.3) is 5.91 Å². The van der Waals surface area contributed by atoms with E-state index in [1.165, 1.54) is 0 Å². The molecule has 0 saturated carbocycles. The number of hydrazone groups is 1. The van der Waals surface area contributed by atoms with Crippen molar-refractivity contribution in [2.45, 2.75) is 32.2 Å². The van der Waals surface area contributed by atoms with Gasteiger partial charge in [-0.2, -0.15) is 5.10 Å². The topological polar surface area (TPSA) is 79.8 Å². The average Bonchev–Trinajstić information content (AvgIpc) is 2.48. The molecule has 0 fully saturated rings. The van der Waals surface area contributed by atoms with Crippen molar-refractivity contribution >= 4 is 17.5 Å². The number of para-hydroxylation sites is 1. The standard InChI is InChI=1S/C15H19N3O3/c1-10(9-11-5-3-4-6-13(11)21-2)16-15(20)12-7-8-14(19)18-17-12/h3-6,10H,7-9H2,1-2H3,(H,16,20)(H,18,19). The summed E-state index contributed by atoms with van der Waals surface area (Å²) in [5.74, 6) is 0.409. The predicted octanol–water partition coefficient (Wildman–Crippen LogP) is 1.01. The maximum atomic E-state index is 12.0. The minimum Gasteiger partial charge on any atom is -0.496 e. The van der Waals surface area contributed by atoms with Crippen LogP contribution >= 0.6 is 0 Å². The lowest BCUT2D eigenvalue weighted by molar-refractivity contribution is -0.121. The lowest BCUT2D eigenvalue weighted by atomic mass is 10.1. The van der Waals surface area contributed by atoms with E-state index >= 15 is 0 Å². The van der Waals surface area contributed by atoms with Gasteiger partial charge < -0.3 is 10.1 Å². The van der Waals surface area contributed by atoms with Crippen LogP contribution in [0.25, 0.3) is 0 Å². The smallest absolute Gasteiger partial charge is 0.267 e. The molecule has 0 aromatic heterocycles. The zero-order chi connectivity index (χ0) is 15.2. The molecule has 6 nitrogen and oxygen atoms in total. The molecule has 1 heterocycles. The number of rotatable bonds is 5. The highest BCUT2D eigenvalue weighted by molar-refractivity contribution is 6.39. The number of benzene rings is 1. The Morgan fingerprint density at radius 3 is 2.86 bits per heavy atom. The van der Waals surface area contributed by atoms with Gasteiger partial charge in [0.1, 0.15) is 11.5 Å². The first-order valence-electron chi connectivity index (χ1n) is 6.88. The summed E-state index contributed by atoms with van der Waals surface area (Å²) in [4.78, 5) is 23.0. The number of ether oxygens (including phenoxy) is 1. The quantitative estimate of drug-likeness (QED) is 0.849. The monoisotopic (exact) mass is 289 g/mol. The van der Waals surface area contributed by atoms with Gasteiger partial charge in [-0.1, -0.05) is 18.2 Å². The van der Waals surface area contributed by atoms with E-state index < -0.39 is 0 Å². The number of nitrogens with zero attached hydrogens (tertiary/aromatic N) is 1. The Bertz CT molecular complexity index is 569. The van der Waals surface area contributed by atoms with Crippen molar-refractivity contribution in [2.75, 3.05) is 7.11 Å². The van der Waals surface area contributed by atoms with Gasteiger partial charge in [-0.25, -0.2) is 5.43 Å². The summed E-state index contributed by atoms with van der Waals surface area (Å²) in [5.41, 5.74) is 3.72. The molecule has 1 aliphatic rings. The van der Waals surface area contributed by atoms with E-state index in [9.17, 15) is 9.59 Å². The number of nitrogens with one attached hydrogen (secondary N) is 2. The third-order valence-electron chi connectivity index (χ3n) is 3.26. The molecule has 1 aliphatic heterocycles. The van der Waals surface area contributed by atoms with Gasteiger partial charge in [-0.15, -0.1) is 0 Å². The van der Waals surface area contributed by atoms with Crippen LogP contribution in [0.3, 0.4) is 0 Å². The first-order valence-corrected chi connectivity index (χ1v) is 6.88. The third-order valence-corrected chi connectivity index (χ3v) is 3.26. The van der Waals surface area contributed by atoms with Crippen molar-refractivity contribution in [2.24, 2.45) is 5.10 Å². The van der Waals surface area contributed by atoms with E-state index in [0.29, 0.717) is 25.0 Å². The summed E-state index contributed by atoms with van der Waals surface area (Å²) in [6.07, 6.45) is 1.33. The molecule has 0 bridgehead atoms. The first kappa shape index (κ1) is 15.0. The molecule has 0 saturated heterocycles. The van der Waals surface area contributed by atoms with Gasteiger partial charge >= 0.3 is 0 Å². The highest BCUT2D eigenvalue weighted by atomic mass is 16.5. The number of methoxy groups -OCH3 is 1. The van der Waals surface area contributed by atoms with Crippen LogP contribution in [-0.4, -0.2) is 30.7 Å². The molecule has 2 N–H and O–H groups in total. The lowest BCUT2D eigenvalue weighted by Crippen LogP contribution is -2.41. The number of hydrogen-bond acceptors (Lipinski definition) is 4. The van der Waals surface area contributed by atoms with Crippen molar-refractivity contribution in [1.29, 1.82) is 0 Å². The fourth-order valence-electron chi connectivity index (χ4n) is 2.20. The van der Waals surface area contributed by atoms with E-state index in [-0.39, 0.29) is 17.9 Å². The van der Waals surface area contributed by atoms with Crippen molar-refractivity contribution < 1.29 is 14.3 Å². The summed E-state index contributed by atoms with van der Waals surface area (Å²) in [7, 11) is 1.63. The van der Waals surface area contributed by atoms with E-state index in [0.717, 1.165) is 11.3 Å². The molecule has 0 radical (unpaired) electrons. The number of carbonyl (C=O) groups excluding carboxylic acids is 2. The van der Waals surface area contributed by atoms with Crippen LogP contribution < -0.4 is 15.5 Å². The maximum Gasteiger partial charge on any atom is 0.267 e. The van der Waals surface area contributed by atoms with Crippen molar-refractivity contribution in [1.82, 2.24) is 10.7 Å². The summed E-state index contributed by atoms with van der Waals surface area (Å²) < 4.78 is 5.30. The van der Waals surface area contributed by atoms with Crippen LogP contribution in [0.4, 0.5) is 0 Å². The molecule has 1 atom stereocenters. The fraction of sp³-hybridized carbons (Fsp3) is 0.400. The van der Waals surface area contributed by atoms with Gasteiger partial charge in [-0.3, -0.25) is 9.59 Å². The second-order valence-electron chi connectivity index (χ2n) is 4.98. The number of hydrogen-bond donors (Lipinski definition) is 2. The summed E-state index contributed by atoms with van der Waals surface area (Å²) in [6.45, 7) is 1.92. The van der Waals surface area contributed by atoms with Gasteiger partial charge in [0.05, 0.1) is 7.11 Å². The predicted molar refractivity (Wildman–Crippen MR) is 79.1 cm³/mol. The highest BCUT2D eigenvalue weighted by Crippen LogP contribution is 2.18. The second kappa shape index (κ2) is 6.88.